The van der Waals surface area contributed by atoms with Crippen molar-refractivity contribution in [2.45, 2.75) is 43.2 Å². The van der Waals surface area contributed by atoms with Crippen molar-refractivity contribution >= 4 is 15.9 Å². The summed E-state index contributed by atoms with van der Waals surface area (Å²) in [6, 6.07) is 12.3. The number of amides is 1. The van der Waals surface area contributed by atoms with Crippen LogP contribution in [-0.4, -0.2) is 46.4 Å². The van der Waals surface area contributed by atoms with E-state index in [2.05, 4.69) is 14.8 Å². The molecule has 1 amide bonds. The number of rotatable bonds is 10. The average Bonchev–Trinajstić information content (AvgIpc) is 3.30. The number of nitrogens with one attached hydrogen (secondary N) is 2. The van der Waals surface area contributed by atoms with E-state index in [1.54, 1.807) is 24.3 Å². The molecule has 3 rings (SSSR count). The molecular weight excluding hydrogens is 461 g/mol. The summed E-state index contributed by atoms with van der Waals surface area (Å²) in [6.45, 7) is -0.527. The van der Waals surface area contributed by atoms with Gasteiger partial charge in [-0.25, -0.2) is 13.1 Å². The van der Waals surface area contributed by atoms with Crippen molar-refractivity contribution < 1.29 is 35.9 Å². The van der Waals surface area contributed by atoms with Crippen LogP contribution in [0.25, 0.3) is 0 Å². The van der Waals surface area contributed by atoms with Crippen molar-refractivity contribution in [1.29, 1.82) is 0 Å². The predicted molar refractivity (Wildman–Crippen MR) is 114 cm³/mol. The van der Waals surface area contributed by atoms with E-state index in [9.17, 15) is 26.4 Å². The van der Waals surface area contributed by atoms with Gasteiger partial charge < -0.3 is 14.8 Å². The zero-order valence-corrected chi connectivity index (χ0v) is 18.5. The second-order valence-corrected chi connectivity index (χ2v) is 9.39. The molecule has 1 saturated heterocycles. The van der Waals surface area contributed by atoms with Crippen LogP contribution in [0.15, 0.2) is 53.4 Å². The highest BCUT2D eigenvalue weighted by atomic mass is 32.2. The van der Waals surface area contributed by atoms with E-state index in [4.69, 9.17) is 4.74 Å². The number of sulfonamides is 1. The van der Waals surface area contributed by atoms with Crippen LogP contribution in [0.4, 0.5) is 13.2 Å². The zero-order valence-electron chi connectivity index (χ0n) is 17.7. The molecule has 0 aliphatic carbocycles. The first kappa shape index (κ1) is 25.2. The fourth-order valence-electron chi connectivity index (χ4n) is 3.22. The van der Waals surface area contributed by atoms with Gasteiger partial charge in [0.2, 0.25) is 10.0 Å². The van der Waals surface area contributed by atoms with Crippen LogP contribution >= 0.6 is 0 Å². The molecule has 1 aliphatic heterocycles. The summed E-state index contributed by atoms with van der Waals surface area (Å²) in [5.41, 5.74) is 1.49. The summed E-state index contributed by atoms with van der Waals surface area (Å²) >= 11 is 0. The average molecular weight is 487 g/mol. The second kappa shape index (κ2) is 11.1. The number of alkyl halides is 3. The number of ether oxygens (including phenoxy) is 2. The highest BCUT2D eigenvalue weighted by molar-refractivity contribution is 7.89. The largest absolute Gasteiger partial charge is 0.411 e. The highest BCUT2D eigenvalue weighted by Crippen LogP contribution is 2.17. The fourth-order valence-corrected chi connectivity index (χ4v) is 4.33. The Hall–Kier alpha value is -2.47. The van der Waals surface area contributed by atoms with Crippen molar-refractivity contribution in [3.63, 3.8) is 0 Å². The molecule has 1 fully saturated rings. The van der Waals surface area contributed by atoms with Crippen molar-refractivity contribution in [1.82, 2.24) is 10.0 Å². The van der Waals surface area contributed by atoms with E-state index in [1.807, 2.05) is 0 Å². The zero-order chi connectivity index (χ0) is 23.9. The molecule has 1 aliphatic rings. The van der Waals surface area contributed by atoms with Crippen molar-refractivity contribution in [3.05, 3.63) is 65.2 Å². The van der Waals surface area contributed by atoms with Gasteiger partial charge in [-0.2, -0.15) is 13.2 Å². The van der Waals surface area contributed by atoms with Gasteiger partial charge in [-0.15, -0.1) is 0 Å². The molecule has 2 aromatic rings. The Morgan fingerprint density at radius 2 is 1.85 bits per heavy atom. The standard InChI is InChI=1S/C22H25F3N2O5S/c23-22(24,25)15-31-14-17-8-6-16(7-9-17)12-26-21(28)18-3-1-5-20(11-18)33(29,30)27-13-19-4-2-10-32-19/h1,3,5-9,11,19,27H,2,4,10,12-15H2,(H,26,28)/t19-/m1/s1. The molecule has 7 nitrogen and oxygen atoms in total. The molecule has 0 saturated carbocycles. The molecule has 180 valence electrons. The topological polar surface area (TPSA) is 93.7 Å². The van der Waals surface area contributed by atoms with Crippen LogP contribution in [0.1, 0.15) is 34.3 Å². The minimum Gasteiger partial charge on any atom is -0.377 e. The van der Waals surface area contributed by atoms with Crippen LogP contribution in [0.2, 0.25) is 0 Å². The molecular formula is C22H25F3N2O5S. The Labute approximate surface area is 190 Å². The molecule has 33 heavy (non-hydrogen) atoms. The van der Waals surface area contributed by atoms with E-state index >= 15 is 0 Å². The number of halogens is 3. The lowest BCUT2D eigenvalue weighted by Gasteiger charge is -2.12. The Morgan fingerprint density at radius 3 is 2.52 bits per heavy atom. The molecule has 1 atom stereocenters. The first-order chi connectivity index (χ1) is 15.6. The highest BCUT2D eigenvalue weighted by Gasteiger charge is 2.27. The summed E-state index contributed by atoms with van der Waals surface area (Å²) in [5, 5.41) is 2.70. The quantitative estimate of drug-likeness (QED) is 0.538. The van der Waals surface area contributed by atoms with E-state index < -0.39 is 28.7 Å². The molecule has 1 heterocycles. The van der Waals surface area contributed by atoms with Gasteiger partial charge in [0.15, 0.2) is 0 Å². The Bertz CT molecular complexity index is 1040. The second-order valence-electron chi connectivity index (χ2n) is 7.62. The summed E-state index contributed by atoms with van der Waals surface area (Å²) in [7, 11) is -3.78. The predicted octanol–water partition coefficient (Wildman–Crippen LogP) is 3.15. The molecule has 0 spiro atoms. The van der Waals surface area contributed by atoms with Gasteiger partial charge in [0.05, 0.1) is 17.6 Å². The number of benzene rings is 2. The number of carbonyl (C=O) groups excluding carboxylic acids is 1. The molecule has 0 radical (unpaired) electrons. The number of hydrogen-bond donors (Lipinski definition) is 2. The van der Waals surface area contributed by atoms with Crippen molar-refractivity contribution in [2.75, 3.05) is 19.8 Å². The minimum atomic E-state index is -4.37. The number of hydrogen-bond acceptors (Lipinski definition) is 5. The molecule has 11 heteroatoms. The SMILES string of the molecule is O=C(NCc1ccc(COCC(F)(F)F)cc1)c1cccc(S(=O)(=O)NC[C@H]2CCCO2)c1. The smallest absolute Gasteiger partial charge is 0.377 e. The maximum absolute atomic E-state index is 12.5. The lowest BCUT2D eigenvalue weighted by Crippen LogP contribution is -2.32. The van der Waals surface area contributed by atoms with E-state index in [0.717, 1.165) is 18.4 Å². The van der Waals surface area contributed by atoms with Gasteiger partial charge in [-0.3, -0.25) is 4.79 Å². The van der Waals surface area contributed by atoms with Crippen LogP contribution < -0.4 is 10.0 Å². The van der Waals surface area contributed by atoms with Crippen LogP contribution in [0.5, 0.6) is 0 Å². The first-order valence-corrected chi connectivity index (χ1v) is 11.8. The van der Waals surface area contributed by atoms with Crippen LogP contribution in [0.3, 0.4) is 0 Å². The lowest BCUT2D eigenvalue weighted by atomic mass is 10.1. The summed E-state index contributed by atoms with van der Waals surface area (Å²) in [4.78, 5) is 12.5. The Kier molecular flexibility index (Phi) is 8.46. The van der Waals surface area contributed by atoms with Gasteiger partial charge >= 0.3 is 6.18 Å². The van der Waals surface area contributed by atoms with Crippen molar-refractivity contribution in [2.24, 2.45) is 0 Å². The van der Waals surface area contributed by atoms with Crippen LogP contribution in [0, 0.1) is 0 Å². The summed E-state index contributed by atoms with van der Waals surface area (Å²) < 4.78 is 74.0. The van der Waals surface area contributed by atoms with Crippen LogP contribution in [-0.2, 0) is 32.6 Å². The molecule has 0 bridgehead atoms. The Balaban J connectivity index is 1.52. The Morgan fingerprint density at radius 1 is 1.12 bits per heavy atom. The number of carbonyl (C=O) groups is 1. The summed E-state index contributed by atoms with van der Waals surface area (Å²) in [6.07, 6.45) is -2.82. The van der Waals surface area contributed by atoms with Gasteiger partial charge in [-0.1, -0.05) is 30.3 Å². The maximum Gasteiger partial charge on any atom is 0.411 e. The molecule has 0 aromatic heterocycles. The van der Waals surface area contributed by atoms with Gasteiger partial charge in [0.25, 0.3) is 5.91 Å². The fraction of sp³-hybridized carbons (Fsp3) is 0.409. The third-order valence-electron chi connectivity index (χ3n) is 4.94. The minimum absolute atomic E-state index is 0.0173. The van der Waals surface area contributed by atoms with E-state index in [0.29, 0.717) is 12.2 Å². The molecule has 0 unspecified atom stereocenters. The molecule has 2 aromatic carbocycles. The normalized spacial score (nSPS) is 16.6. The van der Waals surface area contributed by atoms with Crippen molar-refractivity contribution in [3.8, 4) is 0 Å². The lowest BCUT2D eigenvalue weighted by molar-refractivity contribution is -0.176. The van der Waals surface area contributed by atoms with E-state index in [1.165, 1.54) is 24.3 Å². The van der Waals surface area contributed by atoms with E-state index in [-0.39, 0.29) is 36.3 Å². The first-order valence-electron chi connectivity index (χ1n) is 10.3. The third kappa shape index (κ3) is 8.11. The maximum atomic E-state index is 12.5. The third-order valence-corrected chi connectivity index (χ3v) is 6.36. The van der Waals surface area contributed by atoms with Gasteiger partial charge in [-0.05, 0) is 42.2 Å². The van der Waals surface area contributed by atoms with Gasteiger partial charge in [0, 0.05) is 25.3 Å². The summed E-state index contributed by atoms with van der Waals surface area (Å²) in [5.74, 6) is -0.455. The molecule has 2 N–H and O–H groups in total. The monoisotopic (exact) mass is 486 g/mol. The van der Waals surface area contributed by atoms with Gasteiger partial charge in [0.1, 0.15) is 6.61 Å².